The van der Waals surface area contributed by atoms with Gasteiger partial charge in [-0.2, -0.15) is 0 Å². The van der Waals surface area contributed by atoms with Crippen molar-refractivity contribution in [3.63, 3.8) is 0 Å². The van der Waals surface area contributed by atoms with Gasteiger partial charge in [-0.3, -0.25) is 0 Å². The van der Waals surface area contributed by atoms with Crippen LogP contribution in [-0.4, -0.2) is 17.9 Å². The third-order valence-corrected chi connectivity index (χ3v) is 0.866. The first-order valence-corrected chi connectivity index (χ1v) is 4.41. The van der Waals surface area contributed by atoms with E-state index in [0.717, 1.165) is 0 Å². The van der Waals surface area contributed by atoms with Crippen LogP contribution in [0, 0.1) is 0 Å². The van der Waals surface area contributed by atoms with E-state index in [4.69, 9.17) is 0 Å². The van der Waals surface area contributed by atoms with Crippen LogP contribution >= 0.6 is 0 Å². The maximum Gasteiger partial charge on any atom is 3.00 e. The standard InChI is InChI=1S/3C3H6O2.3ClH.2Cr/c3*1-2-3(4)5;;;;;/h3*2H2,1H3,(H,4,5);3*1H;;/q;;;;;;2*+3/p-6. The number of halogens is 3. The van der Waals surface area contributed by atoms with E-state index in [0.29, 0.717) is 0 Å². The van der Waals surface area contributed by atoms with E-state index < -0.39 is 17.9 Å². The smallest absolute Gasteiger partial charge is 1.00 e. The monoisotopic (exact) mass is 428 g/mol. The third kappa shape index (κ3) is 137. The Hall–Kier alpha value is 0.345. The molecule has 0 saturated carbocycles. The molecule has 0 aromatic rings. The molecule has 0 aliphatic carbocycles. The summed E-state index contributed by atoms with van der Waals surface area (Å²) in [5, 5.41) is 27.8. The molecule has 0 bridgehead atoms. The van der Waals surface area contributed by atoms with Crippen molar-refractivity contribution in [3.8, 4) is 0 Å². The van der Waals surface area contributed by atoms with E-state index in [2.05, 4.69) is 0 Å². The van der Waals surface area contributed by atoms with Gasteiger partial charge in [-0.25, -0.2) is 0 Å². The Kier molecular flexibility index (Phi) is 107. The number of rotatable bonds is 3. The van der Waals surface area contributed by atoms with Crippen molar-refractivity contribution >= 4 is 17.9 Å². The molecule has 11 heteroatoms. The molecule has 120 valence electrons. The molecule has 0 heterocycles. The van der Waals surface area contributed by atoms with Crippen molar-refractivity contribution in [2.24, 2.45) is 0 Å². The van der Waals surface area contributed by atoms with E-state index in [9.17, 15) is 29.7 Å². The SMILES string of the molecule is CCC(=O)[O-].CCC(=O)[O-].CCC(=O)[O-].[Cl-].[Cl-].[Cl-].[Cr+3].[Cr+3]. The largest absolute Gasteiger partial charge is 3.00 e. The van der Waals surface area contributed by atoms with Gasteiger partial charge in [0.2, 0.25) is 0 Å². The van der Waals surface area contributed by atoms with Crippen LogP contribution in [0.25, 0.3) is 0 Å². The molecule has 0 amide bonds. The quantitative estimate of drug-likeness (QED) is 0.439. The van der Waals surface area contributed by atoms with Gasteiger partial charge in [0.15, 0.2) is 0 Å². The first-order valence-electron chi connectivity index (χ1n) is 4.41. The Labute approximate surface area is 159 Å². The number of carbonyl (C=O) groups excluding carboxylic acids is 3. The predicted molar refractivity (Wildman–Crippen MR) is 45.9 cm³/mol. The predicted octanol–water partition coefficient (Wildman–Crippen LogP) is -11.6. The molecule has 0 rings (SSSR count). The van der Waals surface area contributed by atoms with Crippen molar-refractivity contribution in [3.05, 3.63) is 0 Å². The maximum atomic E-state index is 9.26. The van der Waals surface area contributed by atoms with Gasteiger partial charge in [0.25, 0.3) is 0 Å². The minimum atomic E-state index is -0.995. The molecule has 0 aromatic carbocycles. The topological polar surface area (TPSA) is 120 Å². The average Bonchev–Trinajstić information content (AvgIpc) is 2.19. The molecule has 0 atom stereocenters. The van der Waals surface area contributed by atoms with Crippen LogP contribution in [0.15, 0.2) is 0 Å². The van der Waals surface area contributed by atoms with Crippen LogP contribution < -0.4 is 52.5 Å². The number of carboxylic acid groups (broad SMARTS) is 3. The van der Waals surface area contributed by atoms with Crippen LogP contribution in [-0.2, 0) is 49.1 Å². The average molecular weight is 430 g/mol. The molecule has 6 nitrogen and oxygen atoms in total. The van der Waals surface area contributed by atoms with Crippen molar-refractivity contribution in [2.75, 3.05) is 0 Å². The van der Waals surface area contributed by atoms with Crippen LogP contribution in [0.1, 0.15) is 40.0 Å². The van der Waals surface area contributed by atoms with Crippen LogP contribution in [0.4, 0.5) is 0 Å². The molecule has 20 heavy (non-hydrogen) atoms. The van der Waals surface area contributed by atoms with E-state index in [1.807, 2.05) is 0 Å². The molecule has 0 fully saturated rings. The number of hydrogen-bond acceptors (Lipinski definition) is 6. The molecule has 0 aromatic heterocycles. The van der Waals surface area contributed by atoms with E-state index in [-0.39, 0.29) is 91.2 Å². The molecule has 0 unspecified atom stereocenters. The summed E-state index contributed by atoms with van der Waals surface area (Å²) in [4.78, 5) is 27.8. The minimum absolute atomic E-state index is 0. The summed E-state index contributed by atoms with van der Waals surface area (Å²) < 4.78 is 0. The van der Waals surface area contributed by atoms with Crippen LogP contribution in [0.3, 0.4) is 0 Å². The van der Waals surface area contributed by atoms with Gasteiger partial charge in [-0.15, -0.1) is 0 Å². The van der Waals surface area contributed by atoms with Crippen molar-refractivity contribution in [1.82, 2.24) is 0 Å². The van der Waals surface area contributed by atoms with Gasteiger partial charge in [-0.1, -0.05) is 20.8 Å². The Balaban J connectivity index is -0.0000000160. The summed E-state index contributed by atoms with van der Waals surface area (Å²) >= 11 is 0. The zero-order valence-corrected chi connectivity index (χ0v) is 15.8. The molecule has 0 spiro atoms. The van der Waals surface area contributed by atoms with Crippen molar-refractivity contribution < 1.29 is 102 Å². The van der Waals surface area contributed by atoms with Gasteiger partial charge in [0.1, 0.15) is 0 Å². The van der Waals surface area contributed by atoms with Crippen LogP contribution in [0.5, 0.6) is 0 Å². The normalized spacial score (nSPS) is 5.55. The van der Waals surface area contributed by atoms with Gasteiger partial charge in [-0.05, 0) is 19.3 Å². The molecule has 0 N–H and O–H groups in total. The van der Waals surface area contributed by atoms with E-state index >= 15 is 0 Å². The minimum Gasteiger partial charge on any atom is -1.00 e. The molecule has 2 radical (unpaired) electrons. The fraction of sp³-hybridized carbons (Fsp3) is 0.667. The fourth-order valence-corrected chi connectivity index (χ4v) is 0. The van der Waals surface area contributed by atoms with Crippen LogP contribution in [0.2, 0.25) is 0 Å². The Morgan fingerprint density at radius 2 is 0.650 bits per heavy atom. The Morgan fingerprint density at radius 3 is 0.650 bits per heavy atom. The Morgan fingerprint density at radius 1 is 0.600 bits per heavy atom. The summed E-state index contributed by atoms with van der Waals surface area (Å²) in [5.41, 5.74) is 0. The summed E-state index contributed by atoms with van der Waals surface area (Å²) in [6.45, 7) is 4.61. The number of aliphatic carboxylic acids is 3. The number of hydrogen-bond donors (Lipinski definition) is 0. The van der Waals surface area contributed by atoms with Crippen molar-refractivity contribution in [1.29, 1.82) is 0 Å². The summed E-state index contributed by atoms with van der Waals surface area (Å²) in [7, 11) is 0. The molecular formula is C9H15Cl3Cr2O6. The fourth-order valence-electron chi connectivity index (χ4n) is 0. The molecule has 0 aliphatic heterocycles. The van der Waals surface area contributed by atoms with Crippen molar-refractivity contribution in [2.45, 2.75) is 40.0 Å². The second-order valence-electron chi connectivity index (χ2n) is 2.18. The maximum absolute atomic E-state index is 9.26. The zero-order chi connectivity index (χ0) is 12.9. The number of carboxylic acids is 3. The van der Waals surface area contributed by atoms with Gasteiger partial charge < -0.3 is 66.9 Å². The summed E-state index contributed by atoms with van der Waals surface area (Å²) in [6.07, 6.45) is 0.333. The first-order chi connectivity index (χ1) is 6.81. The second kappa shape index (κ2) is 42.7. The molecule has 0 saturated heterocycles. The summed E-state index contributed by atoms with van der Waals surface area (Å²) in [5.74, 6) is -2.99. The van der Waals surface area contributed by atoms with Gasteiger partial charge in [0, 0.05) is 17.9 Å². The summed E-state index contributed by atoms with van der Waals surface area (Å²) in [6, 6.07) is 0. The van der Waals surface area contributed by atoms with Gasteiger partial charge in [0.05, 0.1) is 0 Å². The molecule has 0 aliphatic rings. The zero-order valence-electron chi connectivity index (χ0n) is 11.0. The third-order valence-electron chi connectivity index (χ3n) is 0.866. The molecular weight excluding hydrogens is 414 g/mol. The first kappa shape index (κ1) is 50.0. The van der Waals surface area contributed by atoms with E-state index in [1.165, 1.54) is 20.8 Å². The number of carbonyl (C=O) groups is 3. The van der Waals surface area contributed by atoms with E-state index in [1.54, 1.807) is 0 Å². The second-order valence-corrected chi connectivity index (χ2v) is 2.18. The Bertz CT molecular complexity index is 175. The van der Waals surface area contributed by atoms with Gasteiger partial charge >= 0.3 is 34.7 Å².